The molecule has 1 amide bonds. The second kappa shape index (κ2) is 8.17. The van der Waals surface area contributed by atoms with Gasteiger partial charge in [-0.25, -0.2) is 0 Å². The van der Waals surface area contributed by atoms with Crippen LogP contribution >= 0.6 is 11.8 Å². The molecule has 1 atom stereocenters. The third-order valence-corrected chi connectivity index (χ3v) is 4.34. The van der Waals surface area contributed by atoms with Crippen LogP contribution in [0.5, 0.6) is 0 Å². The van der Waals surface area contributed by atoms with Gasteiger partial charge in [0.25, 0.3) is 0 Å². The molecule has 2 N–H and O–H groups in total. The summed E-state index contributed by atoms with van der Waals surface area (Å²) >= 11 is 1.88. The van der Waals surface area contributed by atoms with Crippen molar-refractivity contribution in [3.05, 3.63) is 30.1 Å². The van der Waals surface area contributed by atoms with Crippen LogP contribution in [-0.2, 0) is 11.3 Å². The smallest absolute Gasteiger partial charge is 0.223 e. The van der Waals surface area contributed by atoms with Crippen molar-refractivity contribution < 1.29 is 4.79 Å². The third-order valence-electron chi connectivity index (χ3n) is 3.18. The first-order chi connectivity index (χ1) is 9.36. The molecule has 104 valence electrons. The molecule has 0 bridgehead atoms. The van der Waals surface area contributed by atoms with Crippen molar-refractivity contribution in [1.29, 1.82) is 0 Å². The van der Waals surface area contributed by atoms with Crippen LogP contribution in [0.4, 0.5) is 0 Å². The van der Waals surface area contributed by atoms with Crippen LogP contribution in [-0.4, -0.2) is 35.5 Å². The normalized spacial score (nSPS) is 18.4. The van der Waals surface area contributed by atoms with E-state index in [4.69, 9.17) is 0 Å². The molecule has 1 aliphatic rings. The molecule has 1 fully saturated rings. The predicted octanol–water partition coefficient (Wildman–Crippen LogP) is 1.43. The molecule has 1 aliphatic heterocycles. The minimum atomic E-state index is 0.234. The van der Waals surface area contributed by atoms with Gasteiger partial charge in [-0.1, -0.05) is 6.07 Å². The Morgan fingerprint density at radius 1 is 1.47 bits per heavy atom. The van der Waals surface area contributed by atoms with E-state index in [1.165, 1.54) is 5.56 Å². The van der Waals surface area contributed by atoms with Gasteiger partial charge in [0.1, 0.15) is 0 Å². The third kappa shape index (κ3) is 5.20. The summed E-state index contributed by atoms with van der Waals surface area (Å²) in [6.45, 7) is 2.51. The molecule has 0 aliphatic carbocycles. The lowest BCUT2D eigenvalue weighted by Crippen LogP contribution is -2.32. The fourth-order valence-electron chi connectivity index (χ4n) is 2.05. The molecule has 5 heteroatoms. The maximum absolute atomic E-state index is 11.7. The Morgan fingerprint density at radius 3 is 3.16 bits per heavy atom. The molecule has 2 heterocycles. The summed E-state index contributed by atoms with van der Waals surface area (Å²) < 4.78 is 0. The van der Waals surface area contributed by atoms with Crippen molar-refractivity contribution in [2.45, 2.75) is 19.4 Å². The van der Waals surface area contributed by atoms with Gasteiger partial charge in [-0.05, 0) is 36.8 Å². The number of aromatic nitrogens is 1. The quantitative estimate of drug-likeness (QED) is 0.741. The summed E-state index contributed by atoms with van der Waals surface area (Å²) in [7, 11) is 0. The van der Waals surface area contributed by atoms with E-state index in [1.807, 2.05) is 24.0 Å². The van der Waals surface area contributed by atoms with Gasteiger partial charge in [0.05, 0.1) is 0 Å². The van der Waals surface area contributed by atoms with Crippen LogP contribution in [0.25, 0.3) is 0 Å². The zero-order valence-electron chi connectivity index (χ0n) is 11.1. The van der Waals surface area contributed by atoms with Crippen molar-refractivity contribution in [1.82, 2.24) is 15.6 Å². The van der Waals surface area contributed by atoms with Crippen molar-refractivity contribution in [3.63, 3.8) is 0 Å². The minimum Gasteiger partial charge on any atom is -0.356 e. The first-order valence-electron chi connectivity index (χ1n) is 6.81. The van der Waals surface area contributed by atoms with Gasteiger partial charge in [-0.15, -0.1) is 0 Å². The first kappa shape index (κ1) is 14.3. The fourth-order valence-corrected chi connectivity index (χ4v) is 3.27. The van der Waals surface area contributed by atoms with Crippen LogP contribution in [0, 0.1) is 5.92 Å². The molecular weight excluding hydrogens is 258 g/mol. The zero-order chi connectivity index (χ0) is 13.3. The Labute approximate surface area is 118 Å². The highest BCUT2D eigenvalue weighted by atomic mass is 32.2. The zero-order valence-corrected chi connectivity index (χ0v) is 11.9. The lowest BCUT2D eigenvalue weighted by atomic mass is 10.1. The molecule has 1 saturated heterocycles. The highest BCUT2D eigenvalue weighted by Gasteiger charge is 2.22. The summed E-state index contributed by atoms with van der Waals surface area (Å²) in [6.07, 6.45) is 5.65. The molecule has 0 saturated carbocycles. The number of pyridine rings is 1. The van der Waals surface area contributed by atoms with Crippen LogP contribution in [0.15, 0.2) is 24.5 Å². The van der Waals surface area contributed by atoms with E-state index in [9.17, 15) is 4.79 Å². The summed E-state index contributed by atoms with van der Waals surface area (Å²) in [6, 6.07) is 4.00. The number of carbonyl (C=O) groups excluding carboxylic acids is 1. The lowest BCUT2D eigenvalue weighted by molar-refractivity contribution is -0.124. The number of rotatable bonds is 7. The first-order valence-corrected chi connectivity index (χ1v) is 7.97. The SMILES string of the molecule is O=C(NCCCNCc1cccnc1)C1CCSC1. The molecule has 1 aromatic heterocycles. The standard InChI is InChI=1S/C14H21N3OS/c18-14(13-4-8-19-11-13)17-7-2-6-16-10-12-3-1-5-15-9-12/h1,3,5,9,13,16H,2,4,6-8,10-11H2,(H,17,18). The molecule has 0 aromatic carbocycles. The Kier molecular flexibility index (Phi) is 6.17. The van der Waals surface area contributed by atoms with E-state index in [-0.39, 0.29) is 11.8 Å². The highest BCUT2D eigenvalue weighted by molar-refractivity contribution is 7.99. The van der Waals surface area contributed by atoms with Gasteiger partial charge in [0.15, 0.2) is 0 Å². The lowest BCUT2D eigenvalue weighted by Gasteiger charge is -2.10. The number of hydrogen-bond acceptors (Lipinski definition) is 4. The number of carbonyl (C=O) groups is 1. The average Bonchev–Trinajstić information content (AvgIpc) is 2.98. The minimum absolute atomic E-state index is 0.234. The molecule has 19 heavy (non-hydrogen) atoms. The van der Waals surface area contributed by atoms with Crippen LogP contribution < -0.4 is 10.6 Å². The largest absolute Gasteiger partial charge is 0.356 e. The highest BCUT2D eigenvalue weighted by Crippen LogP contribution is 2.23. The molecule has 2 rings (SSSR count). The molecule has 4 nitrogen and oxygen atoms in total. The van der Waals surface area contributed by atoms with Gasteiger partial charge in [0.2, 0.25) is 5.91 Å². The number of nitrogens with one attached hydrogen (secondary N) is 2. The Hall–Kier alpha value is -1.07. The molecule has 1 aromatic rings. The molecule has 0 spiro atoms. The number of hydrogen-bond donors (Lipinski definition) is 2. The predicted molar refractivity (Wildman–Crippen MR) is 79.0 cm³/mol. The molecule has 0 radical (unpaired) electrons. The van der Waals surface area contributed by atoms with Crippen LogP contribution in [0.1, 0.15) is 18.4 Å². The molecular formula is C14H21N3OS. The van der Waals surface area contributed by atoms with Crippen LogP contribution in [0.3, 0.4) is 0 Å². The Morgan fingerprint density at radius 2 is 2.42 bits per heavy atom. The summed E-state index contributed by atoms with van der Waals surface area (Å²) in [5.74, 6) is 2.60. The average molecular weight is 279 g/mol. The summed E-state index contributed by atoms with van der Waals surface area (Å²) in [5.41, 5.74) is 1.19. The van der Waals surface area contributed by atoms with Crippen molar-refractivity contribution >= 4 is 17.7 Å². The second-order valence-corrected chi connectivity index (χ2v) is 5.89. The van der Waals surface area contributed by atoms with E-state index in [0.29, 0.717) is 0 Å². The topological polar surface area (TPSA) is 54.0 Å². The van der Waals surface area contributed by atoms with E-state index in [1.54, 1.807) is 6.20 Å². The monoisotopic (exact) mass is 279 g/mol. The summed E-state index contributed by atoms with van der Waals surface area (Å²) in [4.78, 5) is 15.8. The van der Waals surface area contributed by atoms with Gasteiger partial charge >= 0.3 is 0 Å². The Balaban J connectivity index is 1.49. The van der Waals surface area contributed by atoms with E-state index in [0.717, 1.165) is 44.0 Å². The van der Waals surface area contributed by atoms with Crippen molar-refractivity contribution in [2.24, 2.45) is 5.92 Å². The molecule has 1 unspecified atom stereocenters. The van der Waals surface area contributed by atoms with E-state index < -0.39 is 0 Å². The number of amides is 1. The van der Waals surface area contributed by atoms with Crippen LogP contribution in [0.2, 0.25) is 0 Å². The van der Waals surface area contributed by atoms with Gasteiger partial charge in [-0.3, -0.25) is 9.78 Å². The van der Waals surface area contributed by atoms with Gasteiger partial charge < -0.3 is 10.6 Å². The second-order valence-electron chi connectivity index (χ2n) is 4.74. The maximum Gasteiger partial charge on any atom is 0.223 e. The number of thioether (sulfide) groups is 1. The summed E-state index contributed by atoms with van der Waals surface area (Å²) in [5, 5.41) is 6.37. The van der Waals surface area contributed by atoms with E-state index in [2.05, 4.69) is 21.7 Å². The maximum atomic E-state index is 11.7. The Bertz CT molecular complexity index is 380. The fraction of sp³-hybridized carbons (Fsp3) is 0.571. The van der Waals surface area contributed by atoms with Gasteiger partial charge in [0, 0.05) is 37.2 Å². The number of nitrogens with zero attached hydrogens (tertiary/aromatic N) is 1. The van der Waals surface area contributed by atoms with Gasteiger partial charge in [-0.2, -0.15) is 11.8 Å². The van der Waals surface area contributed by atoms with Crippen molar-refractivity contribution in [2.75, 3.05) is 24.6 Å². The van der Waals surface area contributed by atoms with E-state index >= 15 is 0 Å². The van der Waals surface area contributed by atoms with Crippen molar-refractivity contribution in [3.8, 4) is 0 Å².